The van der Waals surface area contributed by atoms with E-state index >= 15 is 0 Å². The van der Waals surface area contributed by atoms with Gasteiger partial charge in [-0.05, 0) is 20.8 Å². The summed E-state index contributed by atoms with van der Waals surface area (Å²) in [6.07, 6.45) is -1.68. The van der Waals surface area contributed by atoms with Gasteiger partial charge < -0.3 is 4.74 Å². The molecule has 0 aromatic rings. The fourth-order valence-electron chi connectivity index (χ4n) is 1.96. The Bertz CT molecular complexity index is 336. The van der Waals surface area contributed by atoms with Crippen LogP contribution in [0.15, 0.2) is 0 Å². The standard InChI is InChI=1S/C13H22FNO3/c1-8(2)11(16)10-6-9(14)7-15(10)12(17)18-13(3,4)5/h8-10H,6-7H2,1-5H3/t9-,10+/m1/s1. The monoisotopic (exact) mass is 259 g/mol. The van der Waals surface area contributed by atoms with E-state index in [9.17, 15) is 14.0 Å². The Morgan fingerprint density at radius 2 is 1.89 bits per heavy atom. The Balaban J connectivity index is 2.79. The molecular formula is C13H22FNO3. The molecule has 0 radical (unpaired) electrons. The van der Waals surface area contributed by atoms with E-state index < -0.39 is 23.9 Å². The highest BCUT2D eigenvalue weighted by atomic mass is 19.1. The molecule has 0 N–H and O–H groups in total. The van der Waals surface area contributed by atoms with Crippen molar-refractivity contribution in [2.45, 2.75) is 58.9 Å². The van der Waals surface area contributed by atoms with Crippen molar-refractivity contribution in [1.29, 1.82) is 0 Å². The van der Waals surface area contributed by atoms with Crippen LogP contribution >= 0.6 is 0 Å². The van der Waals surface area contributed by atoms with Crippen molar-refractivity contribution in [2.75, 3.05) is 6.54 Å². The van der Waals surface area contributed by atoms with Gasteiger partial charge in [0.15, 0.2) is 5.78 Å². The highest BCUT2D eigenvalue weighted by molar-refractivity contribution is 5.89. The maximum atomic E-state index is 13.4. The van der Waals surface area contributed by atoms with Crippen molar-refractivity contribution in [2.24, 2.45) is 5.92 Å². The summed E-state index contributed by atoms with van der Waals surface area (Å²) in [4.78, 5) is 25.1. The van der Waals surface area contributed by atoms with Crippen molar-refractivity contribution < 1.29 is 18.7 Å². The molecule has 0 saturated carbocycles. The van der Waals surface area contributed by atoms with Gasteiger partial charge in [0, 0.05) is 12.3 Å². The smallest absolute Gasteiger partial charge is 0.411 e. The molecule has 0 aromatic carbocycles. The average Bonchev–Trinajstić information content (AvgIpc) is 2.56. The summed E-state index contributed by atoms with van der Waals surface area (Å²) >= 11 is 0. The third kappa shape index (κ3) is 3.68. The van der Waals surface area contributed by atoms with Crippen LogP contribution in [0, 0.1) is 5.92 Å². The molecule has 1 aliphatic heterocycles. The Morgan fingerprint density at radius 1 is 1.33 bits per heavy atom. The summed E-state index contributed by atoms with van der Waals surface area (Å²) in [5, 5.41) is 0. The minimum absolute atomic E-state index is 0.0575. The van der Waals surface area contributed by atoms with E-state index in [0.29, 0.717) is 0 Å². The summed E-state index contributed by atoms with van der Waals surface area (Å²) in [6.45, 7) is 8.67. The van der Waals surface area contributed by atoms with Crippen molar-refractivity contribution >= 4 is 11.9 Å². The van der Waals surface area contributed by atoms with Gasteiger partial charge in [-0.1, -0.05) is 13.8 Å². The number of nitrogens with zero attached hydrogens (tertiary/aromatic N) is 1. The van der Waals surface area contributed by atoms with Gasteiger partial charge in [0.2, 0.25) is 0 Å². The van der Waals surface area contributed by atoms with E-state index in [1.54, 1.807) is 34.6 Å². The first-order valence-electron chi connectivity index (χ1n) is 6.29. The number of likely N-dealkylation sites (tertiary alicyclic amines) is 1. The number of ketones is 1. The number of carbonyl (C=O) groups is 2. The number of hydrogen-bond donors (Lipinski definition) is 0. The van der Waals surface area contributed by atoms with E-state index in [2.05, 4.69) is 0 Å². The van der Waals surface area contributed by atoms with E-state index in [1.807, 2.05) is 0 Å². The number of carbonyl (C=O) groups excluding carboxylic acids is 2. The highest BCUT2D eigenvalue weighted by Crippen LogP contribution is 2.25. The third-order valence-corrected chi connectivity index (χ3v) is 2.78. The zero-order valence-corrected chi connectivity index (χ0v) is 11.7. The first kappa shape index (κ1) is 14.9. The normalized spacial score (nSPS) is 24.5. The van der Waals surface area contributed by atoms with Gasteiger partial charge in [-0.3, -0.25) is 9.69 Å². The maximum Gasteiger partial charge on any atom is 0.411 e. The fourth-order valence-corrected chi connectivity index (χ4v) is 1.96. The molecule has 5 heteroatoms. The minimum atomic E-state index is -1.15. The quantitative estimate of drug-likeness (QED) is 0.765. The third-order valence-electron chi connectivity index (χ3n) is 2.78. The lowest BCUT2D eigenvalue weighted by Gasteiger charge is -2.28. The van der Waals surface area contributed by atoms with Crippen LogP contribution in [0.1, 0.15) is 41.0 Å². The molecule has 1 rings (SSSR count). The van der Waals surface area contributed by atoms with Crippen LogP contribution in [0.4, 0.5) is 9.18 Å². The van der Waals surface area contributed by atoms with Gasteiger partial charge in [0.25, 0.3) is 0 Å². The Morgan fingerprint density at radius 3 is 2.33 bits per heavy atom. The number of ether oxygens (including phenoxy) is 1. The minimum Gasteiger partial charge on any atom is -0.444 e. The molecule has 0 spiro atoms. The summed E-state index contributed by atoms with van der Waals surface area (Å²) in [5.74, 6) is -0.328. The number of hydrogen-bond acceptors (Lipinski definition) is 3. The molecule has 0 bridgehead atoms. The van der Waals surface area contributed by atoms with Crippen LogP contribution in [0.5, 0.6) is 0 Å². The summed E-state index contributed by atoms with van der Waals surface area (Å²) < 4.78 is 18.6. The first-order valence-corrected chi connectivity index (χ1v) is 6.29. The Hall–Kier alpha value is -1.13. The van der Waals surface area contributed by atoms with Crippen LogP contribution in [-0.4, -0.2) is 41.1 Å². The molecule has 1 saturated heterocycles. The summed E-state index contributed by atoms with van der Waals surface area (Å²) in [6, 6.07) is -0.685. The number of rotatable bonds is 2. The summed E-state index contributed by atoms with van der Waals surface area (Å²) in [7, 11) is 0. The van der Waals surface area contributed by atoms with Crippen LogP contribution in [0.3, 0.4) is 0 Å². The fraction of sp³-hybridized carbons (Fsp3) is 0.846. The molecule has 1 amide bonds. The SMILES string of the molecule is CC(C)C(=O)[C@@H]1C[C@@H](F)CN1C(=O)OC(C)(C)C. The number of Topliss-reactive ketones (excluding diaryl/α,β-unsaturated/α-hetero) is 1. The predicted octanol–water partition coefficient (Wildman–Crippen LogP) is 2.56. The second-order valence-electron chi connectivity index (χ2n) is 6.04. The molecular weight excluding hydrogens is 237 g/mol. The average molecular weight is 259 g/mol. The molecule has 4 nitrogen and oxygen atoms in total. The van der Waals surface area contributed by atoms with Gasteiger partial charge >= 0.3 is 6.09 Å². The lowest BCUT2D eigenvalue weighted by molar-refractivity contribution is -0.126. The van der Waals surface area contributed by atoms with Crippen molar-refractivity contribution in [3.05, 3.63) is 0 Å². The van der Waals surface area contributed by atoms with Crippen LogP contribution in [-0.2, 0) is 9.53 Å². The molecule has 1 aliphatic rings. The maximum absolute atomic E-state index is 13.4. The van der Waals surface area contributed by atoms with Gasteiger partial charge in [-0.15, -0.1) is 0 Å². The van der Waals surface area contributed by atoms with Gasteiger partial charge in [-0.25, -0.2) is 9.18 Å². The zero-order valence-electron chi connectivity index (χ0n) is 11.7. The second-order valence-corrected chi connectivity index (χ2v) is 6.04. The van der Waals surface area contributed by atoms with Gasteiger partial charge in [0.1, 0.15) is 11.8 Å². The Kier molecular flexibility index (Phi) is 4.35. The van der Waals surface area contributed by atoms with E-state index in [1.165, 1.54) is 4.90 Å². The number of amides is 1. The van der Waals surface area contributed by atoms with E-state index in [-0.39, 0.29) is 24.7 Å². The van der Waals surface area contributed by atoms with Crippen LogP contribution in [0.2, 0.25) is 0 Å². The number of halogens is 1. The molecule has 0 aromatic heterocycles. The van der Waals surface area contributed by atoms with E-state index in [4.69, 9.17) is 4.74 Å². The molecule has 1 fully saturated rings. The molecule has 0 unspecified atom stereocenters. The van der Waals surface area contributed by atoms with Crippen LogP contribution < -0.4 is 0 Å². The Labute approximate surface area is 107 Å². The predicted molar refractivity (Wildman–Crippen MR) is 66.1 cm³/mol. The second kappa shape index (κ2) is 5.24. The van der Waals surface area contributed by atoms with Gasteiger partial charge in [0.05, 0.1) is 12.6 Å². The molecule has 2 atom stereocenters. The molecule has 1 heterocycles. The topological polar surface area (TPSA) is 46.6 Å². The number of alkyl halides is 1. The van der Waals surface area contributed by atoms with E-state index in [0.717, 1.165) is 0 Å². The summed E-state index contributed by atoms with van der Waals surface area (Å²) in [5.41, 5.74) is -0.642. The molecule has 0 aliphatic carbocycles. The lowest BCUT2D eigenvalue weighted by Crippen LogP contribution is -2.44. The first-order chi connectivity index (χ1) is 8.11. The largest absolute Gasteiger partial charge is 0.444 e. The molecule has 18 heavy (non-hydrogen) atoms. The molecule has 104 valence electrons. The zero-order chi connectivity index (χ0) is 14.1. The van der Waals surface area contributed by atoms with Crippen molar-refractivity contribution in [3.8, 4) is 0 Å². The highest BCUT2D eigenvalue weighted by Gasteiger charge is 2.41. The van der Waals surface area contributed by atoms with Gasteiger partial charge in [-0.2, -0.15) is 0 Å². The lowest BCUT2D eigenvalue weighted by atomic mass is 10.00. The van der Waals surface area contributed by atoms with Crippen molar-refractivity contribution in [1.82, 2.24) is 4.90 Å². The van der Waals surface area contributed by atoms with Crippen LogP contribution in [0.25, 0.3) is 0 Å². The van der Waals surface area contributed by atoms with Crippen molar-refractivity contribution in [3.63, 3.8) is 0 Å².